The largest absolute Gasteiger partial charge is 0.0651 e. The van der Waals surface area contributed by atoms with Crippen molar-refractivity contribution in [3.8, 4) is 0 Å². The Kier molecular flexibility index (Phi) is 6.06. The van der Waals surface area contributed by atoms with Gasteiger partial charge in [-0.1, -0.05) is 67.7 Å². The van der Waals surface area contributed by atoms with Crippen LogP contribution in [0.25, 0.3) is 0 Å². The highest BCUT2D eigenvalue weighted by atomic mass is 14.6. The second-order valence-electron chi connectivity index (χ2n) is 9.60. The minimum Gasteiger partial charge on any atom is -0.0651 e. The first-order valence-corrected chi connectivity index (χ1v) is 10.3. The monoisotopic (exact) mass is 306 g/mol. The summed E-state index contributed by atoms with van der Waals surface area (Å²) in [6.45, 7) is 17.3. The van der Waals surface area contributed by atoms with Crippen molar-refractivity contribution < 1.29 is 0 Å². The van der Waals surface area contributed by atoms with Gasteiger partial charge in [0.1, 0.15) is 0 Å². The summed E-state index contributed by atoms with van der Waals surface area (Å²) in [5, 5.41) is 0. The predicted molar refractivity (Wildman–Crippen MR) is 98.9 cm³/mol. The summed E-state index contributed by atoms with van der Waals surface area (Å²) in [6.07, 6.45) is 10.3. The van der Waals surface area contributed by atoms with Crippen LogP contribution < -0.4 is 0 Å². The molecule has 2 aliphatic carbocycles. The minimum absolute atomic E-state index is 0.691. The number of hydrogen-bond acceptors (Lipinski definition) is 0. The molecule has 0 amide bonds. The Balaban J connectivity index is 2.10. The molecule has 0 nitrogen and oxygen atoms in total. The maximum absolute atomic E-state index is 2.61. The van der Waals surface area contributed by atoms with Crippen LogP contribution in [-0.4, -0.2) is 0 Å². The first-order valence-electron chi connectivity index (χ1n) is 10.3. The summed E-state index contributed by atoms with van der Waals surface area (Å²) < 4.78 is 0. The quantitative estimate of drug-likeness (QED) is 0.445. The molecule has 0 heterocycles. The van der Waals surface area contributed by atoms with Gasteiger partial charge in [-0.15, -0.1) is 0 Å². The SMILES string of the molecule is CCC(CC)CC1CC2(C)CC1C(C(CC)C(C)C(C)C)C2. The standard InChI is InChI=1S/C22H42/c1-8-17(9-2)11-18-12-22(7)13-20(18)21(14-22)19(10-3)16(6)15(4)5/h15-21H,8-14H2,1-7H3. The van der Waals surface area contributed by atoms with Gasteiger partial charge in [0.25, 0.3) is 0 Å². The van der Waals surface area contributed by atoms with Gasteiger partial charge in [0.2, 0.25) is 0 Å². The van der Waals surface area contributed by atoms with Crippen molar-refractivity contribution in [1.29, 1.82) is 0 Å². The van der Waals surface area contributed by atoms with Crippen LogP contribution >= 0.6 is 0 Å². The zero-order chi connectivity index (χ0) is 16.5. The predicted octanol–water partition coefficient (Wildman–Crippen LogP) is 7.18. The van der Waals surface area contributed by atoms with Crippen molar-refractivity contribution in [2.24, 2.45) is 46.8 Å². The Morgan fingerprint density at radius 3 is 2.00 bits per heavy atom. The zero-order valence-electron chi connectivity index (χ0n) is 16.5. The lowest BCUT2D eigenvalue weighted by molar-refractivity contribution is 0.0801. The smallest absolute Gasteiger partial charge is 0.0317 e. The first kappa shape index (κ1) is 18.3. The van der Waals surface area contributed by atoms with Crippen LogP contribution in [0.15, 0.2) is 0 Å². The van der Waals surface area contributed by atoms with Gasteiger partial charge >= 0.3 is 0 Å². The molecule has 2 rings (SSSR count). The Morgan fingerprint density at radius 1 is 0.909 bits per heavy atom. The molecule has 0 aliphatic heterocycles. The lowest BCUT2D eigenvalue weighted by atomic mass is 9.64. The Labute approximate surface area is 140 Å². The van der Waals surface area contributed by atoms with E-state index in [1.165, 1.54) is 38.5 Å². The van der Waals surface area contributed by atoms with E-state index in [0.717, 1.165) is 41.4 Å². The molecule has 22 heavy (non-hydrogen) atoms. The third-order valence-corrected chi connectivity index (χ3v) is 7.91. The van der Waals surface area contributed by atoms with E-state index in [0.29, 0.717) is 5.41 Å². The van der Waals surface area contributed by atoms with Crippen LogP contribution in [0, 0.1) is 46.8 Å². The van der Waals surface area contributed by atoms with Crippen molar-refractivity contribution in [3.05, 3.63) is 0 Å². The van der Waals surface area contributed by atoms with Crippen molar-refractivity contribution in [2.75, 3.05) is 0 Å². The molecule has 6 unspecified atom stereocenters. The second-order valence-corrected chi connectivity index (χ2v) is 9.60. The van der Waals surface area contributed by atoms with E-state index in [9.17, 15) is 0 Å². The Bertz CT molecular complexity index is 340. The van der Waals surface area contributed by atoms with Crippen LogP contribution in [0.4, 0.5) is 0 Å². The number of rotatable bonds is 8. The van der Waals surface area contributed by atoms with Crippen LogP contribution in [0.3, 0.4) is 0 Å². The lowest BCUT2D eigenvalue weighted by Gasteiger charge is -2.41. The fraction of sp³-hybridized carbons (Fsp3) is 1.00. The fourth-order valence-electron chi connectivity index (χ4n) is 6.33. The number of hydrogen-bond donors (Lipinski definition) is 0. The van der Waals surface area contributed by atoms with E-state index in [-0.39, 0.29) is 0 Å². The number of fused-ring (bicyclic) bond motifs is 2. The molecule has 2 fully saturated rings. The zero-order valence-corrected chi connectivity index (χ0v) is 16.5. The van der Waals surface area contributed by atoms with Crippen molar-refractivity contribution in [3.63, 3.8) is 0 Å². The van der Waals surface area contributed by atoms with E-state index in [2.05, 4.69) is 48.5 Å². The van der Waals surface area contributed by atoms with Gasteiger partial charge in [-0.2, -0.15) is 0 Å². The first-order chi connectivity index (χ1) is 10.3. The van der Waals surface area contributed by atoms with Crippen molar-refractivity contribution in [2.45, 2.75) is 93.4 Å². The molecule has 0 aromatic heterocycles. The molecular weight excluding hydrogens is 264 g/mol. The van der Waals surface area contributed by atoms with Crippen LogP contribution in [-0.2, 0) is 0 Å². The van der Waals surface area contributed by atoms with Crippen LogP contribution in [0.1, 0.15) is 93.4 Å². The third kappa shape index (κ3) is 3.57. The molecule has 0 saturated heterocycles. The van der Waals surface area contributed by atoms with Gasteiger partial charge in [0.05, 0.1) is 0 Å². The van der Waals surface area contributed by atoms with Gasteiger partial charge in [-0.25, -0.2) is 0 Å². The van der Waals surface area contributed by atoms with Gasteiger partial charge in [0.15, 0.2) is 0 Å². The van der Waals surface area contributed by atoms with Crippen molar-refractivity contribution >= 4 is 0 Å². The molecule has 0 spiro atoms. The van der Waals surface area contributed by atoms with E-state index in [4.69, 9.17) is 0 Å². The molecule has 0 N–H and O–H groups in total. The minimum atomic E-state index is 0.691. The molecule has 130 valence electrons. The second kappa shape index (κ2) is 7.27. The third-order valence-electron chi connectivity index (χ3n) is 7.91. The molecule has 6 atom stereocenters. The van der Waals surface area contributed by atoms with E-state index >= 15 is 0 Å². The van der Waals surface area contributed by atoms with Crippen LogP contribution in [0.5, 0.6) is 0 Å². The molecule has 2 bridgehead atoms. The Hall–Kier alpha value is 0. The summed E-state index contributed by atoms with van der Waals surface area (Å²) in [7, 11) is 0. The molecule has 2 saturated carbocycles. The van der Waals surface area contributed by atoms with E-state index < -0.39 is 0 Å². The molecule has 2 aliphatic rings. The highest BCUT2D eigenvalue weighted by Gasteiger charge is 2.54. The molecule has 0 radical (unpaired) electrons. The summed E-state index contributed by atoms with van der Waals surface area (Å²) >= 11 is 0. The summed E-state index contributed by atoms with van der Waals surface area (Å²) in [6, 6.07) is 0. The van der Waals surface area contributed by atoms with Gasteiger partial charge in [-0.3, -0.25) is 0 Å². The maximum atomic E-state index is 2.61. The van der Waals surface area contributed by atoms with Crippen molar-refractivity contribution in [1.82, 2.24) is 0 Å². The normalized spacial score (nSPS) is 37.2. The highest BCUT2D eigenvalue weighted by molar-refractivity contribution is 5.04. The molecule has 0 aromatic rings. The van der Waals surface area contributed by atoms with Gasteiger partial charge in [-0.05, 0) is 72.5 Å². The fourth-order valence-corrected chi connectivity index (χ4v) is 6.33. The van der Waals surface area contributed by atoms with E-state index in [1.807, 2.05) is 0 Å². The summed E-state index contributed by atoms with van der Waals surface area (Å²) in [5.74, 6) is 6.81. The summed E-state index contributed by atoms with van der Waals surface area (Å²) in [5.41, 5.74) is 0.691. The average Bonchev–Trinajstić information content (AvgIpc) is 2.97. The topological polar surface area (TPSA) is 0 Å². The summed E-state index contributed by atoms with van der Waals surface area (Å²) in [4.78, 5) is 0. The highest BCUT2D eigenvalue weighted by Crippen LogP contribution is 2.63. The van der Waals surface area contributed by atoms with Gasteiger partial charge in [0, 0.05) is 0 Å². The molecule has 0 aromatic carbocycles. The Morgan fingerprint density at radius 2 is 1.55 bits per heavy atom. The average molecular weight is 307 g/mol. The lowest BCUT2D eigenvalue weighted by Crippen LogP contribution is -2.33. The van der Waals surface area contributed by atoms with E-state index in [1.54, 1.807) is 6.42 Å². The maximum Gasteiger partial charge on any atom is -0.0317 e. The molecular formula is C22H42. The molecule has 0 heteroatoms. The van der Waals surface area contributed by atoms with Gasteiger partial charge < -0.3 is 0 Å². The van der Waals surface area contributed by atoms with Crippen LogP contribution in [0.2, 0.25) is 0 Å².